The fraction of sp³-hybridized carbons (Fsp3) is 0.211. The van der Waals surface area contributed by atoms with Crippen molar-refractivity contribution in [3.05, 3.63) is 59.1 Å². The van der Waals surface area contributed by atoms with Gasteiger partial charge in [0, 0.05) is 18.8 Å². The first-order valence-electron chi connectivity index (χ1n) is 8.29. The molecule has 0 aliphatic rings. The molecule has 0 spiro atoms. The average molecular weight is 373 g/mol. The van der Waals surface area contributed by atoms with E-state index >= 15 is 0 Å². The number of carbonyl (C=O) groups excluding carboxylic acids is 2. The monoisotopic (exact) mass is 372 g/mol. The molecule has 0 radical (unpaired) electrons. The molecule has 0 saturated carbocycles. The summed E-state index contributed by atoms with van der Waals surface area (Å²) in [5, 5.41) is 6.59. The predicted molar refractivity (Wildman–Crippen MR) is 106 cm³/mol. The second-order valence-corrected chi connectivity index (χ2v) is 5.80. The van der Waals surface area contributed by atoms with Crippen LogP contribution in [-0.2, 0) is 9.59 Å². The highest BCUT2D eigenvalue weighted by Gasteiger charge is 2.14. The standard InChI is InChI=1S/C19H21ClN4O2/c1-3-24(4-2)15-11-9-14(10-12-15)13-21-23-19(26)18(25)22-17-8-6-5-7-16(17)20/h5-13H,3-4H2,1-2H3,(H,22,25)(H,23,26)/b21-13+. The van der Waals surface area contributed by atoms with Gasteiger partial charge in [0.2, 0.25) is 0 Å². The van der Waals surface area contributed by atoms with Crippen LogP contribution in [0.2, 0.25) is 5.02 Å². The van der Waals surface area contributed by atoms with E-state index in [0.29, 0.717) is 10.7 Å². The zero-order valence-electron chi connectivity index (χ0n) is 14.7. The lowest BCUT2D eigenvalue weighted by Crippen LogP contribution is -2.32. The molecule has 0 atom stereocenters. The van der Waals surface area contributed by atoms with Crippen molar-refractivity contribution >= 4 is 41.0 Å². The number of nitrogens with zero attached hydrogens (tertiary/aromatic N) is 2. The Labute approximate surface area is 157 Å². The number of hydrogen-bond donors (Lipinski definition) is 2. The lowest BCUT2D eigenvalue weighted by atomic mass is 10.2. The maximum absolute atomic E-state index is 11.8. The third-order valence-corrected chi connectivity index (χ3v) is 4.06. The maximum atomic E-state index is 11.8. The summed E-state index contributed by atoms with van der Waals surface area (Å²) < 4.78 is 0. The summed E-state index contributed by atoms with van der Waals surface area (Å²) in [6.45, 7) is 6.06. The van der Waals surface area contributed by atoms with Gasteiger partial charge in [-0.15, -0.1) is 0 Å². The first-order chi connectivity index (χ1) is 12.5. The number of amides is 2. The van der Waals surface area contributed by atoms with Gasteiger partial charge in [-0.25, -0.2) is 5.43 Å². The van der Waals surface area contributed by atoms with Crippen LogP contribution in [-0.4, -0.2) is 31.1 Å². The summed E-state index contributed by atoms with van der Waals surface area (Å²) in [5.74, 6) is -1.71. The van der Waals surface area contributed by atoms with Crippen molar-refractivity contribution in [2.45, 2.75) is 13.8 Å². The number of nitrogens with one attached hydrogen (secondary N) is 2. The van der Waals surface area contributed by atoms with Crippen LogP contribution in [0.15, 0.2) is 53.6 Å². The number of para-hydroxylation sites is 1. The van der Waals surface area contributed by atoms with Gasteiger partial charge in [0.15, 0.2) is 0 Å². The van der Waals surface area contributed by atoms with Gasteiger partial charge < -0.3 is 10.2 Å². The van der Waals surface area contributed by atoms with Crippen molar-refractivity contribution in [2.75, 3.05) is 23.3 Å². The first-order valence-corrected chi connectivity index (χ1v) is 8.66. The quantitative estimate of drug-likeness (QED) is 0.464. The van der Waals surface area contributed by atoms with E-state index in [9.17, 15) is 9.59 Å². The summed E-state index contributed by atoms with van der Waals surface area (Å²) in [7, 11) is 0. The largest absolute Gasteiger partial charge is 0.372 e. The van der Waals surface area contributed by atoms with E-state index in [2.05, 4.69) is 34.6 Å². The highest BCUT2D eigenvalue weighted by Crippen LogP contribution is 2.20. The molecule has 6 nitrogen and oxygen atoms in total. The molecule has 0 aromatic heterocycles. The minimum absolute atomic E-state index is 0.352. The fourth-order valence-corrected chi connectivity index (χ4v) is 2.50. The van der Waals surface area contributed by atoms with E-state index in [4.69, 9.17) is 11.6 Å². The maximum Gasteiger partial charge on any atom is 0.329 e. The van der Waals surface area contributed by atoms with Crippen LogP contribution < -0.4 is 15.6 Å². The average Bonchev–Trinajstić information content (AvgIpc) is 2.65. The summed E-state index contributed by atoms with van der Waals surface area (Å²) >= 11 is 5.93. The number of rotatable bonds is 6. The summed E-state index contributed by atoms with van der Waals surface area (Å²) in [6, 6.07) is 14.4. The Hall–Kier alpha value is -2.86. The minimum Gasteiger partial charge on any atom is -0.372 e. The van der Waals surface area contributed by atoms with Crippen LogP contribution in [0.4, 0.5) is 11.4 Å². The second-order valence-electron chi connectivity index (χ2n) is 5.40. The van der Waals surface area contributed by atoms with Crippen molar-refractivity contribution in [2.24, 2.45) is 5.10 Å². The molecule has 2 aromatic carbocycles. The molecule has 2 rings (SSSR count). The lowest BCUT2D eigenvalue weighted by molar-refractivity contribution is -0.136. The van der Waals surface area contributed by atoms with Crippen LogP contribution in [0.5, 0.6) is 0 Å². The molecule has 0 unspecified atom stereocenters. The first kappa shape index (κ1) is 19.5. The molecule has 2 aromatic rings. The van der Waals surface area contributed by atoms with Crippen molar-refractivity contribution < 1.29 is 9.59 Å². The van der Waals surface area contributed by atoms with Crippen LogP contribution in [0.25, 0.3) is 0 Å². The van der Waals surface area contributed by atoms with Crippen molar-refractivity contribution in [1.29, 1.82) is 0 Å². The van der Waals surface area contributed by atoms with Crippen LogP contribution in [0.1, 0.15) is 19.4 Å². The topological polar surface area (TPSA) is 73.8 Å². The third kappa shape index (κ3) is 5.32. The Kier molecular flexibility index (Phi) is 7.17. The number of anilines is 2. The number of carbonyl (C=O) groups is 2. The molecule has 136 valence electrons. The summed E-state index contributed by atoms with van der Waals surface area (Å²) in [5.41, 5.74) is 4.49. The number of halogens is 1. The molecule has 0 fully saturated rings. The molecule has 0 heterocycles. The molecular weight excluding hydrogens is 352 g/mol. The van der Waals surface area contributed by atoms with E-state index in [1.807, 2.05) is 24.3 Å². The van der Waals surface area contributed by atoms with E-state index in [0.717, 1.165) is 24.3 Å². The second kappa shape index (κ2) is 9.58. The SMILES string of the molecule is CCN(CC)c1ccc(/C=N/NC(=O)C(=O)Nc2ccccc2Cl)cc1. The zero-order chi connectivity index (χ0) is 18.9. The Balaban J connectivity index is 1.90. The Bertz CT molecular complexity index is 786. The van der Waals surface area contributed by atoms with Crippen LogP contribution >= 0.6 is 11.6 Å². The van der Waals surface area contributed by atoms with Crippen molar-refractivity contribution in [1.82, 2.24) is 5.43 Å². The number of hydrazone groups is 1. The van der Waals surface area contributed by atoms with Gasteiger partial charge >= 0.3 is 11.8 Å². The third-order valence-electron chi connectivity index (χ3n) is 3.73. The van der Waals surface area contributed by atoms with Gasteiger partial charge in [0.25, 0.3) is 0 Å². The van der Waals surface area contributed by atoms with Gasteiger partial charge in [-0.3, -0.25) is 9.59 Å². The number of hydrogen-bond acceptors (Lipinski definition) is 4. The highest BCUT2D eigenvalue weighted by molar-refractivity contribution is 6.41. The lowest BCUT2D eigenvalue weighted by Gasteiger charge is -2.20. The van der Waals surface area contributed by atoms with Crippen molar-refractivity contribution in [3.8, 4) is 0 Å². The van der Waals surface area contributed by atoms with Crippen molar-refractivity contribution in [3.63, 3.8) is 0 Å². The van der Waals surface area contributed by atoms with Crippen LogP contribution in [0, 0.1) is 0 Å². The predicted octanol–water partition coefficient (Wildman–Crippen LogP) is 3.28. The molecule has 2 amide bonds. The van der Waals surface area contributed by atoms with E-state index in [-0.39, 0.29) is 0 Å². The fourth-order valence-electron chi connectivity index (χ4n) is 2.32. The van der Waals surface area contributed by atoms with Gasteiger partial charge in [-0.05, 0) is 43.7 Å². The molecule has 0 bridgehead atoms. The van der Waals surface area contributed by atoms with Gasteiger partial charge in [0.05, 0.1) is 16.9 Å². The normalized spacial score (nSPS) is 10.6. The minimum atomic E-state index is -0.874. The van der Waals surface area contributed by atoms with Gasteiger partial charge in [-0.2, -0.15) is 5.10 Å². The van der Waals surface area contributed by atoms with Gasteiger partial charge in [0.1, 0.15) is 0 Å². The molecule has 0 aliphatic heterocycles. The molecule has 7 heteroatoms. The molecule has 0 saturated heterocycles. The highest BCUT2D eigenvalue weighted by atomic mass is 35.5. The molecule has 2 N–H and O–H groups in total. The number of benzene rings is 2. The smallest absolute Gasteiger partial charge is 0.329 e. The zero-order valence-corrected chi connectivity index (χ0v) is 15.5. The van der Waals surface area contributed by atoms with E-state index < -0.39 is 11.8 Å². The molecule has 26 heavy (non-hydrogen) atoms. The summed E-state index contributed by atoms with van der Waals surface area (Å²) in [4.78, 5) is 25.8. The van der Waals surface area contributed by atoms with E-state index in [1.165, 1.54) is 6.21 Å². The molecular formula is C19H21ClN4O2. The molecule has 0 aliphatic carbocycles. The van der Waals surface area contributed by atoms with Gasteiger partial charge in [-0.1, -0.05) is 35.9 Å². The van der Waals surface area contributed by atoms with Crippen LogP contribution in [0.3, 0.4) is 0 Å². The Morgan fingerprint density at radius 2 is 1.69 bits per heavy atom. The Morgan fingerprint density at radius 1 is 1.04 bits per heavy atom. The van der Waals surface area contributed by atoms with E-state index in [1.54, 1.807) is 24.3 Å². The summed E-state index contributed by atoms with van der Waals surface area (Å²) in [6.07, 6.45) is 1.48. The Morgan fingerprint density at radius 3 is 2.31 bits per heavy atom.